The van der Waals surface area contributed by atoms with Crippen molar-refractivity contribution >= 4 is 40.7 Å². The molecule has 0 aromatic heterocycles. The van der Waals surface area contributed by atoms with E-state index in [1.807, 2.05) is 30.3 Å². The number of carbonyl (C=O) groups excluding carboxylic acids is 2. The van der Waals surface area contributed by atoms with Crippen molar-refractivity contribution in [2.24, 2.45) is 5.92 Å². The summed E-state index contributed by atoms with van der Waals surface area (Å²) >= 11 is 12.6. The van der Waals surface area contributed by atoms with Crippen molar-refractivity contribution in [2.75, 3.05) is 18.0 Å². The molecule has 2 aromatic rings. The van der Waals surface area contributed by atoms with E-state index in [2.05, 4.69) is 10.0 Å². The molecule has 3 aliphatic rings. The molecule has 27 heavy (non-hydrogen) atoms. The molecule has 3 heterocycles. The zero-order valence-corrected chi connectivity index (χ0v) is 15.9. The SMILES string of the molecule is O=C1[C@@H]2[C@@H](C(=O)N1c1c(Cl)cccc1Cl)N1CCCN1[C@H]2c1ccccc1. The summed E-state index contributed by atoms with van der Waals surface area (Å²) in [5.74, 6) is -0.943. The molecule has 7 heteroatoms. The average Bonchev–Trinajstić information content (AvgIpc) is 3.30. The molecular formula is C20H17Cl2N3O2. The summed E-state index contributed by atoms with van der Waals surface area (Å²) in [6, 6.07) is 14.3. The third kappa shape index (κ3) is 2.39. The number of rotatable bonds is 2. The maximum Gasteiger partial charge on any atom is 0.253 e. The van der Waals surface area contributed by atoms with Crippen LogP contribution < -0.4 is 4.90 Å². The second-order valence-corrected chi connectivity index (χ2v) is 7.90. The predicted molar refractivity (Wildman–Crippen MR) is 103 cm³/mol. The largest absolute Gasteiger partial charge is 0.274 e. The Morgan fingerprint density at radius 1 is 0.778 bits per heavy atom. The molecule has 0 radical (unpaired) electrons. The molecule has 0 unspecified atom stereocenters. The van der Waals surface area contributed by atoms with Crippen molar-refractivity contribution in [1.29, 1.82) is 0 Å². The van der Waals surface area contributed by atoms with Gasteiger partial charge in [0.2, 0.25) is 5.91 Å². The summed E-state index contributed by atoms with van der Waals surface area (Å²) in [6.45, 7) is 1.62. The average molecular weight is 402 g/mol. The van der Waals surface area contributed by atoms with Gasteiger partial charge in [-0.1, -0.05) is 59.6 Å². The van der Waals surface area contributed by atoms with Crippen molar-refractivity contribution in [3.05, 3.63) is 64.1 Å². The van der Waals surface area contributed by atoms with Gasteiger partial charge in [0.25, 0.3) is 5.91 Å². The molecule has 3 aliphatic heterocycles. The van der Waals surface area contributed by atoms with Gasteiger partial charge in [0, 0.05) is 13.1 Å². The normalized spacial score (nSPS) is 28.1. The zero-order valence-electron chi connectivity index (χ0n) is 14.4. The molecular weight excluding hydrogens is 385 g/mol. The number of hydrazine groups is 1. The van der Waals surface area contributed by atoms with Gasteiger partial charge in [-0.15, -0.1) is 0 Å². The minimum absolute atomic E-state index is 0.151. The fraction of sp³-hybridized carbons (Fsp3) is 0.300. The maximum absolute atomic E-state index is 13.5. The fourth-order valence-corrected chi connectivity index (χ4v) is 5.25. The van der Waals surface area contributed by atoms with Gasteiger partial charge in [0.05, 0.1) is 27.7 Å². The van der Waals surface area contributed by atoms with Gasteiger partial charge in [0.1, 0.15) is 6.04 Å². The topological polar surface area (TPSA) is 43.9 Å². The van der Waals surface area contributed by atoms with E-state index >= 15 is 0 Å². The lowest BCUT2D eigenvalue weighted by Crippen LogP contribution is -2.44. The number of amides is 2. The van der Waals surface area contributed by atoms with Crippen LogP contribution in [-0.2, 0) is 9.59 Å². The number of nitrogens with zero attached hydrogens (tertiary/aromatic N) is 3. The molecule has 5 rings (SSSR count). The van der Waals surface area contributed by atoms with Crippen LogP contribution in [0.2, 0.25) is 10.0 Å². The summed E-state index contributed by atoms with van der Waals surface area (Å²) in [5.41, 5.74) is 1.34. The molecule has 5 nitrogen and oxygen atoms in total. The number of hydrogen-bond acceptors (Lipinski definition) is 4. The molecule has 0 saturated carbocycles. The lowest BCUT2D eigenvalue weighted by atomic mass is 9.90. The molecule has 2 aromatic carbocycles. The second kappa shape index (κ2) is 6.31. The number of hydrogen-bond donors (Lipinski definition) is 0. The summed E-state index contributed by atoms with van der Waals surface area (Å²) in [6.07, 6.45) is 0.973. The van der Waals surface area contributed by atoms with E-state index in [0.29, 0.717) is 15.7 Å². The zero-order chi connectivity index (χ0) is 18.7. The van der Waals surface area contributed by atoms with E-state index in [1.165, 1.54) is 4.90 Å². The second-order valence-electron chi connectivity index (χ2n) is 7.09. The van der Waals surface area contributed by atoms with E-state index in [0.717, 1.165) is 25.1 Å². The minimum Gasteiger partial charge on any atom is -0.274 e. The van der Waals surface area contributed by atoms with Crippen LogP contribution in [0.4, 0.5) is 5.69 Å². The van der Waals surface area contributed by atoms with Crippen LogP contribution in [0, 0.1) is 5.92 Å². The Morgan fingerprint density at radius 2 is 1.41 bits per heavy atom. The van der Waals surface area contributed by atoms with E-state index in [1.54, 1.807) is 18.2 Å². The van der Waals surface area contributed by atoms with Crippen molar-refractivity contribution < 1.29 is 9.59 Å². The molecule has 138 valence electrons. The van der Waals surface area contributed by atoms with Crippen LogP contribution in [0.15, 0.2) is 48.5 Å². The Kier molecular flexibility index (Phi) is 4.02. The third-order valence-electron chi connectivity index (χ3n) is 5.71. The molecule has 0 bridgehead atoms. The molecule has 2 amide bonds. The Bertz CT molecular complexity index is 916. The van der Waals surface area contributed by atoms with Gasteiger partial charge in [-0.25, -0.2) is 14.9 Å². The monoisotopic (exact) mass is 401 g/mol. The Labute approximate surface area is 167 Å². The highest BCUT2D eigenvalue weighted by Gasteiger charge is 2.63. The summed E-state index contributed by atoms with van der Waals surface area (Å²) in [7, 11) is 0. The van der Waals surface area contributed by atoms with Crippen LogP contribution >= 0.6 is 23.2 Å². The molecule has 3 saturated heterocycles. The van der Waals surface area contributed by atoms with Crippen LogP contribution in [-0.4, -0.2) is 41.0 Å². The number of benzene rings is 2. The van der Waals surface area contributed by atoms with E-state index in [4.69, 9.17) is 23.2 Å². The standard InChI is InChI=1S/C20H17Cl2N3O2/c21-13-8-4-9-14(22)17(13)25-19(26)15-16(12-6-2-1-3-7-12)23-10-5-11-24(23)18(15)20(25)27/h1-4,6-9,15-16,18H,5,10-11H2/t15-,16-,18-/m0/s1. The van der Waals surface area contributed by atoms with E-state index in [-0.39, 0.29) is 17.9 Å². The Balaban J connectivity index is 1.63. The first kappa shape index (κ1) is 17.2. The highest BCUT2D eigenvalue weighted by molar-refractivity contribution is 6.42. The van der Waals surface area contributed by atoms with Gasteiger partial charge in [-0.3, -0.25) is 9.59 Å². The van der Waals surface area contributed by atoms with Gasteiger partial charge >= 0.3 is 0 Å². The molecule has 0 N–H and O–H groups in total. The number of carbonyl (C=O) groups is 2. The summed E-state index contributed by atoms with van der Waals surface area (Å²) < 4.78 is 0. The highest BCUT2D eigenvalue weighted by atomic mass is 35.5. The first-order valence-electron chi connectivity index (χ1n) is 8.99. The van der Waals surface area contributed by atoms with Crippen LogP contribution in [0.5, 0.6) is 0 Å². The Hall–Kier alpha value is -1.92. The molecule has 0 aliphatic carbocycles. The number of halogens is 2. The van der Waals surface area contributed by atoms with Crippen molar-refractivity contribution in [2.45, 2.75) is 18.5 Å². The summed E-state index contributed by atoms with van der Waals surface area (Å²) in [5, 5.41) is 4.86. The number of anilines is 1. The van der Waals surface area contributed by atoms with Crippen LogP contribution in [0.1, 0.15) is 18.0 Å². The first-order chi connectivity index (χ1) is 13.1. The van der Waals surface area contributed by atoms with Crippen LogP contribution in [0.3, 0.4) is 0 Å². The fourth-order valence-electron chi connectivity index (χ4n) is 4.69. The first-order valence-corrected chi connectivity index (χ1v) is 9.75. The molecule has 0 spiro atoms. The minimum atomic E-state index is -0.502. The van der Waals surface area contributed by atoms with Crippen molar-refractivity contribution in [3.63, 3.8) is 0 Å². The lowest BCUT2D eigenvalue weighted by Gasteiger charge is -2.30. The predicted octanol–water partition coefficient (Wildman–Crippen LogP) is 3.53. The quantitative estimate of drug-likeness (QED) is 0.721. The van der Waals surface area contributed by atoms with Crippen LogP contribution in [0.25, 0.3) is 0 Å². The van der Waals surface area contributed by atoms with E-state index in [9.17, 15) is 9.59 Å². The van der Waals surface area contributed by atoms with Gasteiger partial charge in [-0.05, 0) is 24.1 Å². The van der Waals surface area contributed by atoms with Crippen molar-refractivity contribution in [3.8, 4) is 0 Å². The smallest absolute Gasteiger partial charge is 0.253 e. The van der Waals surface area contributed by atoms with Gasteiger partial charge in [-0.2, -0.15) is 0 Å². The van der Waals surface area contributed by atoms with Crippen molar-refractivity contribution in [1.82, 2.24) is 10.0 Å². The number of fused-ring (bicyclic) bond motifs is 3. The maximum atomic E-state index is 13.5. The van der Waals surface area contributed by atoms with Gasteiger partial charge in [0.15, 0.2) is 0 Å². The van der Waals surface area contributed by atoms with Gasteiger partial charge < -0.3 is 0 Å². The molecule has 3 atom stereocenters. The lowest BCUT2D eigenvalue weighted by molar-refractivity contribution is -0.126. The number of imide groups is 1. The highest BCUT2D eigenvalue weighted by Crippen LogP contribution is 2.50. The van der Waals surface area contributed by atoms with E-state index < -0.39 is 12.0 Å². The third-order valence-corrected chi connectivity index (χ3v) is 6.32. The molecule has 3 fully saturated rings. The number of para-hydroxylation sites is 1. The Morgan fingerprint density at radius 3 is 2.07 bits per heavy atom. The summed E-state index contributed by atoms with van der Waals surface area (Å²) in [4.78, 5) is 28.0.